The molecule has 1 aliphatic rings. The van der Waals surface area contributed by atoms with Crippen LogP contribution < -0.4 is 15.8 Å². The van der Waals surface area contributed by atoms with E-state index in [2.05, 4.69) is 5.32 Å². The number of nitrogens with two attached hydrogens (primary N) is 1. The minimum Gasteiger partial charge on any atom is -0.492 e. The fourth-order valence-electron chi connectivity index (χ4n) is 1.41. The summed E-state index contributed by atoms with van der Waals surface area (Å²) in [6, 6.07) is 7.22. The Balaban J connectivity index is 2.08. The zero-order valence-electron chi connectivity index (χ0n) is 9.51. The number of amides is 2. The van der Waals surface area contributed by atoms with Gasteiger partial charge in [0.05, 0.1) is 4.91 Å². The van der Waals surface area contributed by atoms with Crippen LogP contribution in [-0.2, 0) is 4.79 Å². The van der Waals surface area contributed by atoms with E-state index >= 15 is 0 Å². The van der Waals surface area contributed by atoms with Gasteiger partial charge in [-0.15, -0.1) is 0 Å². The summed E-state index contributed by atoms with van der Waals surface area (Å²) in [5.41, 5.74) is 6.17. The Labute approximate surface area is 108 Å². The molecule has 18 heavy (non-hydrogen) atoms. The molecule has 0 bridgehead atoms. The maximum Gasteiger partial charge on any atom is 0.290 e. The van der Waals surface area contributed by atoms with Gasteiger partial charge in [-0.2, -0.15) is 0 Å². The maximum atomic E-state index is 11.3. The van der Waals surface area contributed by atoms with Crippen molar-refractivity contribution in [3.8, 4) is 5.75 Å². The van der Waals surface area contributed by atoms with Crippen molar-refractivity contribution in [2.45, 2.75) is 0 Å². The van der Waals surface area contributed by atoms with Crippen LogP contribution in [0.1, 0.15) is 5.56 Å². The van der Waals surface area contributed by atoms with Gasteiger partial charge in [0, 0.05) is 6.54 Å². The van der Waals surface area contributed by atoms with E-state index in [9.17, 15) is 9.59 Å². The first-order chi connectivity index (χ1) is 8.69. The van der Waals surface area contributed by atoms with Crippen molar-refractivity contribution in [3.63, 3.8) is 0 Å². The van der Waals surface area contributed by atoms with E-state index in [-0.39, 0.29) is 11.1 Å². The van der Waals surface area contributed by atoms with E-state index in [1.165, 1.54) is 0 Å². The van der Waals surface area contributed by atoms with Gasteiger partial charge < -0.3 is 10.5 Å². The summed E-state index contributed by atoms with van der Waals surface area (Å²) >= 11 is 0.900. The number of nitrogens with one attached hydrogen (secondary N) is 1. The second kappa shape index (κ2) is 5.70. The van der Waals surface area contributed by atoms with Crippen molar-refractivity contribution in [1.29, 1.82) is 0 Å². The molecule has 3 N–H and O–H groups in total. The summed E-state index contributed by atoms with van der Waals surface area (Å²) < 4.78 is 5.33. The number of ether oxygens (including phenoxy) is 1. The molecule has 1 heterocycles. The Morgan fingerprint density at radius 3 is 2.56 bits per heavy atom. The van der Waals surface area contributed by atoms with Crippen molar-refractivity contribution in [2.24, 2.45) is 5.73 Å². The SMILES string of the molecule is NCCOc1ccc(C=C2SC(=O)NC2=O)cc1. The molecule has 0 saturated carbocycles. The fraction of sp³-hybridized carbons (Fsp3) is 0.167. The summed E-state index contributed by atoms with van der Waals surface area (Å²) in [6.45, 7) is 0.928. The summed E-state index contributed by atoms with van der Waals surface area (Å²) in [7, 11) is 0. The fourth-order valence-corrected chi connectivity index (χ4v) is 2.09. The Bertz CT molecular complexity index is 497. The molecule has 2 amide bonds. The van der Waals surface area contributed by atoms with E-state index in [1.807, 2.05) is 12.1 Å². The predicted molar refractivity (Wildman–Crippen MR) is 70.1 cm³/mol. The average molecular weight is 264 g/mol. The molecular formula is C12H12N2O3S. The van der Waals surface area contributed by atoms with Crippen LogP contribution in [0.2, 0.25) is 0 Å². The van der Waals surface area contributed by atoms with Gasteiger partial charge in [0.2, 0.25) is 0 Å². The maximum absolute atomic E-state index is 11.3. The highest BCUT2D eigenvalue weighted by Crippen LogP contribution is 2.26. The van der Waals surface area contributed by atoms with Gasteiger partial charge in [-0.25, -0.2) is 0 Å². The first kappa shape index (κ1) is 12.7. The third-order valence-electron chi connectivity index (χ3n) is 2.21. The van der Waals surface area contributed by atoms with Crippen LogP contribution in [-0.4, -0.2) is 24.3 Å². The van der Waals surface area contributed by atoms with Gasteiger partial charge in [0.1, 0.15) is 12.4 Å². The lowest BCUT2D eigenvalue weighted by molar-refractivity contribution is -0.115. The number of carbonyl (C=O) groups is 2. The lowest BCUT2D eigenvalue weighted by atomic mass is 10.2. The largest absolute Gasteiger partial charge is 0.492 e. The molecule has 1 aromatic carbocycles. The van der Waals surface area contributed by atoms with Gasteiger partial charge in [0.25, 0.3) is 11.1 Å². The zero-order valence-corrected chi connectivity index (χ0v) is 10.3. The van der Waals surface area contributed by atoms with Crippen LogP contribution in [0.15, 0.2) is 29.2 Å². The van der Waals surface area contributed by atoms with Crippen LogP contribution in [0.3, 0.4) is 0 Å². The van der Waals surface area contributed by atoms with Crippen LogP contribution in [0.5, 0.6) is 5.75 Å². The average Bonchev–Trinajstić information content (AvgIpc) is 2.67. The molecule has 1 aliphatic heterocycles. The normalized spacial score (nSPS) is 17.1. The summed E-state index contributed by atoms with van der Waals surface area (Å²) in [5.74, 6) is 0.371. The van der Waals surface area contributed by atoms with Crippen LogP contribution in [0.4, 0.5) is 4.79 Å². The molecule has 2 rings (SSSR count). The van der Waals surface area contributed by atoms with Crippen LogP contribution in [0.25, 0.3) is 6.08 Å². The topological polar surface area (TPSA) is 81.4 Å². The molecule has 0 aliphatic carbocycles. The van der Waals surface area contributed by atoms with Gasteiger partial charge in [0.15, 0.2) is 0 Å². The van der Waals surface area contributed by atoms with Gasteiger partial charge in [-0.3, -0.25) is 14.9 Å². The quantitative estimate of drug-likeness (QED) is 0.802. The Morgan fingerprint density at radius 2 is 2.00 bits per heavy atom. The van der Waals surface area contributed by atoms with Crippen molar-refractivity contribution in [1.82, 2.24) is 5.32 Å². The van der Waals surface area contributed by atoms with Gasteiger partial charge >= 0.3 is 0 Å². The standard InChI is InChI=1S/C12H12N2O3S/c13-5-6-17-9-3-1-8(2-4-9)7-10-11(15)14-12(16)18-10/h1-4,7H,5-6,13H2,(H,14,15,16). The molecule has 1 aromatic rings. The summed E-state index contributed by atoms with van der Waals surface area (Å²) in [4.78, 5) is 22.7. The molecule has 6 heteroatoms. The number of hydrogen-bond acceptors (Lipinski definition) is 5. The zero-order chi connectivity index (χ0) is 13.0. The van der Waals surface area contributed by atoms with Crippen molar-refractivity contribution < 1.29 is 14.3 Å². The molecule has 0 radical (unpaired) electrons. The Hall–Kier alpha value is -1.79. The second-order valence-electron chi connectivity index (χ2n) is 3.56. The molecular weight excluding hydrogens is 252 g/mol. The smallest absolute Gasteiger partial charge is 0.290 e. The third-order valence-corrected chi connectivity index (χ3v) is 3.02. The summed E-state index contributed by atoms with van der Waals surface area (Å²) in [5, 5.41) is 1.87. The van der Waals surface area contributed by atoms with Crippen molar-refractivity contribution >= 4 is 29.0 Å². The molecule has 0 atom stereocenters. The highest BCUT2D eigenvalue weighted by Gasteiger charge is 2.24. The van der Waals surface area contributed by atoms with Gasteiger partial charge in [-0.05, 0) is 35.5 Å². The van der Waals surface area contributed by atoms with E-state index in [0.717, 1.165) is 23.1 Å². The number of carbonyl (C=O) groups excluding carboxylic acids is 2. The first-order valence-electron chi connectivity index (χ1n) is 5.37. The number of imide groups is 1. The monoisotopic (exact) mass is 264 g/mol. The number of benzene rings is 1. The van der Waals surface area contributed by atoms with E-state index in [1.54, 1.807) is 18.2 Å². The minimum absolute atomic E-state index is 0.339. The van der Waals surface area contributed by atoms with E-state index < -0.39 is 0 Å². The first-order valence-corrected chi connectivity index (χ1v) is 6.18. The molecule has 1 fully saturated rings. The van der Waals surface area contributed by atoms with E-state index in [0.29, 0.717) is 18.1 Å². The third kappa shape index (κ3) is 3.12. The van der Waals surface area contributed by atoms with Gasteiger partial charge in [-0.1, -0.05) is 12.1 Å². The highest BCUT2D eigenvalue weighted by atomic mass is 32.2. The summed E-state index contributed by atoms with van der Waals surface area (Å²) in [6.07, 6.45) is 1.66. The molecule has 94 valence electrons. The number of thioether (sulfide) groups is 1. The molecule has 0 unspecified atom stereocenters. The molecule has 0 aromatic heterocycles. The molecule has 1 saturated heterocycles. The van der Waals surface area contributed by atoms with Crippen LogP contribution >= 0.6 is 11.8 Å². The second-order valence-corrected chi connectivity index (χ2v) is 4.57. The Kier molecular flexibility index (Phi) is 4.01. The van der Waals surface area contributed by atoms with Crippen molar-refractivity contribution in [3.05, 3.63) is 34.7 Å². The lowest BCUT2D eigenvalue weighted by Crippen LogP contribution is -2.17. The molecule has 0 spiro atoms. The highest BCUT2D eigenvalue weighted by molar-refractivity contribution is 8.18. The van der Waals surface area contributed by atoms with Crippen molar-refractivity contribution in [2.75, 3.05) is 13.2 Å². The van der Waals surface area contributed by atoms with Crippen LogP contribution in [0, 0.1) is 0 Å². The number of rotatable bonds is 4. The van der Waals surface area contributed by atoms with E-state index in [4.69, 9.17) is 10.5 Å². The Morgan fingerprint density at radius 1 is 1.28 bits per heavy atom. The minimum atomic E-state index is -0.353. The predicted octanol–water partition coefficient (Wildman–Crippen LogP) is 1.35. The molecule has 5 nitrogen and oxygen atoms in total. The lowest BCUT2D eigenvalue weighted by Gasteiger charge is -2.04. The number of hydrogen-bond donors (Lipinski definition) is 2.